The van der Waals surface area contributed by atoms with Gasteiger partial charge in [0.1, 0.15) is 0 Å². The van der Waals surface area contributed by atoms with E-state index in [1.807, 2.05) is 25.1 Å². The number of benzene rings is 1. The molecule has 1 aromatic heterocycles. The Morgan fingerprint density at radius 2 is 1.93 bits per heavy atom. The molecule has 1 atom stereocenters. The number of rotatable bonds is 6. The number of ketones is 1. The van der Waals surface area contributed by atoms with Gasteiger partial charge in [-0.15, -0.1) is 11.8 Å². The highest BCUT2D eigenvalue weighted by molar-refractivity contribution is 8.00. The van der Waals surface area contributed by atoms with Crippen LogP contribution in [0.4, 0.5) is 0 Å². The Kier molecular flexibility index (Phi) is 6.34. The summed E-state index contributed by atoms with van der Waals surface area (Å²) in [4.78, 5) is 29.2. The van der Waals surface area contributed by atoms with E-state index in [2.05, 4.69) is 4.98 Å². The Balaban J connectivity index is 1.77. The molecule has 0 amide bonds. The second kappa shape index (κ2) is 8.73. The Labute approximate surface area is 168 Å². The predicted molar refractivity (Wildman–Crippen MR) is 108 cm³/mol. The monoisotopic (exact) mass is 403 g/mol. The number of H-pyrrole nitrogens is 1. The van der Waals surface area contributed by atoms with Gasteiger partial charge in [-0.05, 0) is 51.5 Å². The first-order valence-corrected chi connectivity index (χ1v) is 10.3. The largest absolute Gasteiger partial charge is 0.490 e. The molecule has 0 saturated carbocycles. The molecule has 0 saturated heterocycles. The fourth-order valence-corrected chi connectivity index (χ4v) is 4.14. The van der Waals surface area contributed by atoms with E-state index < -0.39 is 5.97 Å². The van der Waals surface area contributed by atoms with Crippen LogP contribution in [-0.4, -0.2) is 41.8 Å². The average molecular weight is 404 g/mol. The minimum Gasteiger partial charge on any atom is -0.490 e. The summed E-state index contributed by atoms with van der Waals surface area (Å²) in [6.45, 7) is 8.72. The topological polar surface area (TPSA) is 77.6 Å². The Hall–Kier alpha value is -2.41. The number of ether oxygens (including phenoxy) is 3. The lowest BCUT2D eigenvalue weighted by molar-refractivity contribution is 0.0525. The van der Waals surface area contributed by atoms with E-state index in [9.17, 15) is 9.59 Å². The molecule has 0 bridgehead atoms. The molecular weight excluding hydrogens is 378 g/mol. The zero-order chi connectivity index (χ0) is 20.3. The van der Waals surface area contributed by atoms with Crippen molar-refractivity contribution in [2.24, 2.45) is 0 Å². The molecular formula is C21H25NO5S. The van der Waals surface area contributed by atoms with E-state index in [0.29, 0.717) is 48.1 Å². The van der Waals surface area contributed by atoms with Gasteiger partial charge < -0.3 is 19.2 Å². The Morgan fingerprint density at radius 1 is 1.21 bits per heavy atom. The minimum absolute atomic E-state index is 0.0618. The summed E-state index contributed by atoms with van der Waals surface area (Å²) >= 11 is 1.45. The molecule has 1 aliphatic rings. The molecule has 2 aromatic rings. The molecule has 0 unspecified atom stereocenters. The lowest BCUT2D eigenvalue weighted by Gasteiger charge is -2.13. The number of nitrogens with one attached hydrogen (secondary N) is 1. The molecule has 0 spiro atoms. The molecule has 1 N–H and O–H groups in total. The maximum Gasteiger partial charge on any atom is 0.340 e. The Morgan fingerprint density at radius 3 is 2.64 bits per heavy atom. The number of fused-ring (bicyclic) bond motifs is 1. The van der Waals surface area contributed by atoms with Crippen molar-refractivity contribution < 1.29 is 23.8 Å². The third kappa shape index (κ3) is 4.19. The summed E-state index contributed by atoms with van der Waals surface area (Å²) in [6, 6.07) is 5.72. The highest BCUT2D eigenvalue weighted by Crippen LogP contribution is 2.36. The van der Waals surface area contributed by atoms with E-state index in [0.717, 1.165) is 17.1 Å². The third-order valence-corrected chi connectivity index (χ3v) is 5.66. The number of carbonyl (C=O) groups excluding carboxylic acids is 2. The van der Waals surface area contributed by atoms with Crippen LogP contribution in [0.2, 0.25) is 0 Å². The molecule has 1 aromatic carbocycles. The van der Waals surface area contributed by atoms with Crippen LogP contribution in [0.15, 0.2) is 23.1 Å². The predicted octanol–water partition coefficient (Wildman–Crippen LogP) is 4.33. The van der Waals surface area contributed by atoms with Crippen LogP contribution in [0.1, 0.15) is 52.4 Å². The zero-order valence-electron chi connectivity index (χ0n) is 16.6. The smallest absolute Gasteiger partial charge is 0.340 e. The fraction of sp³-hybridized carbons (Fsp3) is 0.429. The van der Waals surface area contributed by atoms with Crippen LogP contribution >= 0.6 is 11.8 Å². The average Bonchev–Trinajstić information content (AvgIpc) is 2.83. The number of carbonyl (C=O) groups is 2. The SMILES string of the molecule is CCOC(=O)c1c(C)[nH]c(C(=O)[C@@H](C)Sc2ccc3c(c2)OCCCO3)c1C. The maximum atomic E-state index is 13.0. The first-order chi connectivity index (χ1) is 13.4. The van der Waals surface area contributed by atoms with Gasteiger partial charge in [-0.3, -0.25) is 4.79 Å². The van der Waals surface area contributed by atoms with Crippen molar-refractivity contribution in [1.82, 2.24) is 4.98 Å². The maximum absolute atomic E-state index is 13.0. The second-order valence-corrected chi connectivity index (χ2v) is 8.04. The van der Waals surface area contributed by atoms with Crippen molar-refractivity contribution in [3.05, 3.63) is 40.7 Å². The third-order valence-electron chi connectivity index (χ3n) is 4.56. The number of hydrogen-bond donors (Lipinski definition) is 1. The first-order valence-electron chi connectivity index (χ1n) is 9.39. The van der Waals surface area contributed by atoms with Crippen LogP contribution in [0.25, 0.3) is 0 Å². The number of Topliss-reactive ketones (excluding diaryl/α,β-unsaturated/α-hetero) is 1. The molecule has 7 heteroatoms. The van der Waals surface area contributed by atoms with Crippen molar-refractivity contribution in [1.29, 1.82) is 0 Å². The number of esters is 1. The quantitative estimate of drug-likeness (QED) is 0.439. The van der Waals surface area contributed by atoms with Gasteiger partial charge in [-0.25, -0.2) is 4.79 Å². The number of thioether (sulfide) groups is 1. The molecule has 2 heterocycles. The first kappa shape index (κ1) is 20.3. The molecule has 0 radical (unpaired) electrons. The number of aryl methyl sites for hydroxylation is 1. The summed E-state index contributed by atoms with van der Waals surface area (Å²) in [5.74, 6) is 0.971. The summed E-state index contributed by atoms with van der Waals surface area (Å²) < 4.78 is 16.5. The van der Waals surface area contributed by atoms with Gasteiger partial charge in [-0.2, -0.15) is 0 Å². The van der Waals surface area contributed by atoms with Crippen LogP contribution in [0.3, 0.4) is 0 Å². The minimum atomic E-state index is -0.406. The number of aromatic amines is 1. The van der Waals surface area contributed by atoms with E-state index in [1.165, 1.54) is 11.8 Å². The lowest BCUT2D eigenvalue weighted by Crippen LogP contribution is -2.15. The molecule has 0 fully saturated rings. The molecule has 1 aliphatic heterocycles. The van der Waals surface area contributed by atoms with Gasteiger partial charge in [-0.1, -0.05) is 0 Å². The van der Waals surface area contributed by atoms with Gasteiger partial charge in [0.15, 0.2) is 17.3 Å². The number of hydrogen-bond acceptors (Lipinski definition) is 6. The highest BCUT2D eigenvalue weighted by atomic mass is 32.2. The van der Waals surface area contributed by atoms with Gasteiger partial charge >= 0.3 is 5.97 Å². The van der Waals surface area contributed by atoms with E-state index >= 15 is 0 Å². The summed E-state index contributed by atoms with van der Waals surface area (Å²) in [6.07, 6.45) is 0.848. The van der Waals surface area contributed by atoms with Crippen LogP contribution in [-0.2, 0) is 4.74 Å². The van der Waals surface area contributed by atoms with Gasteiger partial charge in [0.05, 0.1) is 36.3 Å². The van der Waals surface area contributed by atoms with Gasteiger partial charge in [0.25, 0.3) is 0 Å². The van der Waals surface area contributed by atoms with Crippen molar-refractivity contribution in [3.63, 3.8) is 0 Å². The molecule has 28 heavy (non-hydrogen) atoms. The van der Waals surface area contributed by atoms with E-state index in [1.54, 1.807) is 20.8 Å². The van der Waals surface area contributed by atoms with Crippen molar-refractivity contribution >= 4 is 23.5 Å². The molecule has 0 aliphatic carbocycles. The van der Waals surface area contributed by atoms with Crippen molar-refractivity contribution in [2.45, 2.75) is 44.3 Å². The lowest BCUT2D eigenvalue weighted by atomic mass is 10.1. The summed E-state index contributed by atoms with van der Waals surface area (Å²) in [5, 5.41) is -0.337. The van der Waals surface area contributed by atoms with Crippen LogP contribution < -0.4 is 9.47 Å². The molecule has 150 valence electrons. The van der Waals surface area contributed by atoms with Crippen LogP contribution in [0, 0.1) is 13.8 Å². The van der Waals surface area contributed by atoms with Crippen molar-refractivity contribution in [3.8, 4) is 11.5 Å². The van der Waals surface area contributed by atoms with Gasteiger partial charge in [0, 0.05) is 17.0 Å². The summed E-state index contributed by atoms with van der Waals surface area (Å²) in [7, 11) is 0. The zero-order valence-corrected chi connectivity index (χ0v) is 17.4. The Bertz CT molecular complexity index is 889. The summed E-state index contributed by atoms with van der Waals surface area (Å²) in [5.41, 5.74) is 2.17. The molecule has 3 rings (SSSR count). The fourth-order valence-electron chi connectivity index (χ4n) is 3.18. The van der Waals surface area contributed by atoms with Crippen LogP contribution in [0.5, 0.6) is 11.5 Å². The van der Waals surface area contributed by atoms with E-state index in [-0.39, 0.29) is 11.0 Å². The highest BCUT2D eigenvalue weighted by Gasteiger charge is 2.26. The van der Waals surface area contributed by atoms with Gasteiger partial charge in [0.2, 0.25) is 0 Å². The van der Waals surface area contributed by atoms with Crippen molar-refractivity contribution in [2.75, 3.05) is 19.8 Å². The molecule has 6 nitrogen and oxygen atoms in total. The normalized spacial score (nSPS) is 14.3. The number of aromatic nitrogens is 1. The van der Waals surface area contributed by atoms with E-state index in [4.69, 9.17) is 14.2 Å². The second-order valence-electron chi connectivity index (χ2n) is 6.63. The standard InChI is InChI=1S/C21H25NO5S/c1-5-25-21(24)18-12(2)19(22-13(18)3)20(23)14(4)28-15-7-8-16-17(11-15)27-10-6-9-26-16/h7-8,11,14,22H,5-6,9-10H2,1-4H3/t14-/m1/s1.